The van der Waals surface area contributed by atoms with Gasteiger partial charge in [-0.15, -0.1) is 5.10 Å². The third kappa shape index (κ3) is 3.69. The SMILES string of the molecule is CCSc1nc2n(n1)[C@@H](c1cn(C)nc1C)[C@@H](C(=O)Nc1ccccc1C)[C@H](C)N2. The van der Waals surface area contributed by atoms with Gasteiger partial charge in [-0.3, -0.25) is 9.48 Å². The topological polar surface area (TPSA) is 89.7 Å². The molecule has 1 aliphatic rings. The highest BCUT2D eigenvalue weighted by molar-refractivity contribution is 7.99. The van der Waals surface area contributed by atoms with Crippen molar-refractivity contribution in [2.24, 2.45) is 13.0 Å². The van der Waals surface area contributed by atoms with Crippen LogP contribution in [0.1, 0.15) is 36.7 Å². The number of nitrogens with one attached hydrogen (secondary N) is 2. The molecule has 0 unspecified atom stereocenters. The molecular formula is C21H27N7OS. The van der Waals surface area contributed by atoms with Crippen molar-refractivity contribution in [2.75, 3.05) is 16.4 Å². The highest BCUT2D eigenvalue weighted by atomic mass is 32.2. The first-order valence-corrected chi connectivity index (χ1v) is 11.1. The molecule has 8 nitrogen and oxygen atoms in total. The van der Waals surface area contributed by atoms with E-state index in [-0.39, 0.29) is 23.9 Å². The minimum absolute atomic E-state index is 0.0524. The van der Waals surface area contributed by atoms with Gasteiger partial charge in [0.1, 0.15) is 0 Å². The van der Waals surface area contributed by atoms with E-state index in [0.717, 1.165) is 28.3 Å². The van der Waals surface area contributed by atoms with Gasteiger partial charge in [0.15, 0.2) is 0 Å². The summed E-state index contributed by atoms with van der Waals surface area (Å²) < 4.78 is 3.64. The Labute approximate surface area is 180 Å². The van der Waals surface area contributed by atoms with Gasteiger partial charge in [0, 0.05) is 30.5 Å². The highest BCUT2D eigenvalue weighted by Gasteiger charge is 2.43. The molecule has 0 radical (unpaired) electrons. The predicted octanol–water partition coefficient (Wildman–Crippen LogP) is 3.40. The van der Waals surface area contributed by atoms with E-state index in [1.54, 1.807) is 16.4 Å². The van der Waals surface area contributed by atoms with Crippen LogP contribution in [0.4, 0.5) is 11.6 Å². The quantitative estimate of drug-likeness (QED) is 0.609. The zero-order valence-corrected chi connectivity index (χ0v) is 18.7. The molecule has 0 fully saturated rings. The summed E-state index contributed by atoms with van der Waals surface area (Å²) in [5, 5.41) is 16.5. The maximum Gasteiger partial charge on any atom is 0.232 e. The summed E-state index contributed by atoms with van der Waals surface area (Å²) in [6.07, 6.45) is 1.98. The van der Waals surface area contributed by atoms with E-state index in [4.69, 9.17) is 5.10 Å². The van der Waals surface area contributed by atoms with Crippen LogP contribution in [0.3, 0.4) is 0 Å². The van der Waals surface area contributed by atoms with Crippen LogP contribution in [0, 0.1) is 19.8 Å². The van der Waals surface area contributed by atoms with Crippen LogP contribution in [-0.4, -0.2) is 42.2 Å². The summed E-state index contributed by atoms with van der Waals surface area (Å²) in [6.45, 7) is 8.05. The number of carbonyl (C=O) groups is 1. The largest absolute Gasteiger partial charge is 0.351 e. The fraction of sp³-hybridized carbons (Fsp3) is 0.429. The third-order valence-corrected chi connectivity index (χ3v) is 6.18. The summed E-state index contributed by atoms with van der Waals surface area (Å²) in [7, 11) is 1.89. The normalized spacial score (nSPS) is 20.5. The van der Waals surface area contributed by atoms with Crippen LogP contribution in [0.25, 0.3) is 0 Å². The summed E-state index contributed by atoms with van der Waals surface area (Å²) in [4.78, 5) is 18.2. The van der Waals surface area contributed by atoms with E-state index in [2.05, 4.69) is 27.6 Å². The number of aryl methyl sites for hydroxylation is 3. The van der Waals surface area contributed by atoms with E-state index in [1.165, 1.54) is 0 Å². The van der Waals surface area contributed by atoms with Gasteiger partial charge in [-0.1, -0.05) is 36.9 Å². The average Bonchev–Trinajstić information content (AvgIpc) is 3.24. The van der Waals surface area contributed by atoms with E-state index >= 15 is 0 Å². The van der Waals surface area contributed by atoms with Gasteiger partial charge < -0.3 is 10.6 Å². The number of amides is 1. The number of para-hydroxylation sites is 1. The summed E-state index contributed by atoms with van der Waals surface area (Å²) in [5.41, 5.74) is 3.72. The average molecular weight is 426 g/mol. The Balaban J connectivity index is 1.78. The standard InChI is InChI=1S/C21H27N7OS/c1-6-30-21-24-20-22-14(4)17(19(29)23-16-10-8-7-9-12(16)2)18(28(20)26-21)15-11-27(5)25-13(15)3/h7-11,14,17-18H,6H2,1-5H3,(H,23,29)(H,22,24,26)/t14-,17-,18-/m0/s1. The fourth-order valence-electron chi connectivity index (χ4n) is 4.04. The third-order valence-electron chi connectivity index (χ3n) is 5.46. The number of thioether (sulfide) groups is 1. The molecule has 4 rings (SSSR count). The van der Waals surface area contributed by atoms with Crippen molar-refractivity contribution in [3.8, 4) is 0 Å². The zero-order chi connectivity index (χ0) is 21.4. The van der Waals surface area contributed by atoms with Crippen molar-refractivity contribution >= 4 is 29.3 Å². The molecule has 1 aliphatic heterocycles. The van der Waals surface area contributed by atoms with Crippen molar-refractivity contribution in [1.29, 1.82) is 0 Å². The predicted molar refractivity (Wildman–Crippen MR) is 119 cm³/mol. The molecule has 3 heterocycles. The second-order valence-corrected chi connectivity index (χ2v) is 8.88. The number of carbonyl (C=O) groups excluding carboxylic acids is 1. The van der Waals surface area contributed by atoms with Crippen molar-refractivity contribution in [3.63, 3.8) is 0 Å². The molecule has 1 aromatic carbocycles. The van der Waals surface area contributed by atoms with Crippen molar-refractivity contribution in [3.05, 3.63) is 47.3 Å². The molecule has 1 amide bonds. The van der Waals surface area contributed by atoms with Gasteiger partial charge in [0.25, 0.3) is 0 Å². The number of nitrogens with zero attached hydrogens (tertiary/aromatic N) is 5. The van der Waals surface area contributed by atoms with Gasteiger partial charge >= 0.3 is 0 Å². The molecule has 0 saturated heterocycles. The maximum atomic E-state index is 13.5. The van der Waals surface area contributed by atoms with Crippen LogP contribution in [0.2, 0.25) is 0 Å². The highest BCUT2D eigenvalue weighted by Crippen LogP contribution is 2.38. The second-order valence-electron chi connectivity index (χ2n) is 7.65. The lowest BCUT2D eigenvalue weighted by molar-refractivity contribution is -0.121. The molecule has 0 saturated carbocycles. The molecule has 9 heteroatoms. The first-order chi connectivity index (χ1) is 14.4. The molecular weight excluding hydrogens is 398 g/mol. The van der Waals surface area contributed by atoms with Gasteiger partial charge in [-0.25, -0.2) is 4.68 Å². The minimum atomic E-state index is -0.388. The van der Waals surface area contributed by atoms with Crippen LogP contribution in [0.5, 0.6) is 0 Å². The Morgan fingerprint density at radius 2 is 2.03 bits per heavy atom. The molecule has 0 aliphatic carbocycles. The zero-order valence-electron chi connectivity index (χ0n) is 17.9. The first kappa shape index (κ1) is 20.5. The van der Waals surface area contributed by atoms with Crippen molar-refractivity contribution in [2.45, 2.75) is 44.9 Å². The molecule has 0 bridgehead atoms. The molecule has 2 N–H and O–H groups in total. The lowest BCUT2D eigenvalue weighted by atomic mass is 9.85. The lowest BCUT2D eigenvalue weighted by Crippen LogP contribution is -2.46. The van der Waals surface area contributed by atoms with E-state index in [1.807, 2.05) is 63.0 Å². The van der Waals surface area contributed by atoms with Gasteiger partial charge in [-0.05, 0) is 38.2 Å². The monoisotopic (exact) mass is 425 g/mol. The van der Waals surface area contributed by atoms with Gasteiger partial charge in [0.05, 0.1) is 17.7 Å². The number of hydrogen-bond donors (Lipinski definition) is 2. The molecule has 30 heavy (non-hydrogen) atoms. The van der Waals surface area contributed by atoms with Crippen LogP contribution >= 0.6 is 11.8 Å². The smallest absolute Gasteiger partial charge is 0.232 e. The van der Waals surface area contributed by atoms with Crippen molar-refractivity contribution < 1.29 is 4.79 Å². The number of fused-ring (bicyclic) bond motifs is 1. The van der Waals surface area contributed by atoms with Gasteiger partial charge in [0.2, 0.25) is 17.0 Å². The van der Waals surface area contributed by atoms with Crippen LogP contribution in [0.15, 0.2) is 35.6 Å². The Kier molecular flexibility index (Phi) is 5.55. The first-order valence-electron chi connectivity index (χ1n) is 10.1. The Morgan fingerprint density at radius 1 is 1.27 bits per heavy atom. The van der Waals surface area contributed by atoms with E-state index < -0.39 is 0 Å². The molecule has 158 valence electrons. The summed E-state index contributed by atoms with van der Waals surface area (Å²) in [6, 6.07) is 7.38. The fourth-order valence-corrected chi connectivity index (χ4v) is 4.59. The number of rotatable bonds is 5. The molecule has 3 aromatic rings. The molecule has 2 aromatic heterocycles. The Morgan fingerprint density at radius 3 is 2.70 bits per heavy atom. The van der Waals surface area contributed by atoms with Crippen LogP contribution < -0.4 is 10.6 Å². The summed E-state index contributed by atoms with van der Waals surface area (Å²) >= 11 is 1.59. The number of aromatic nitrogens is 5. The number of anilines is 2. The lowest BCUT2D eigenvalue weighted by Gasteiger charge is -2.36. The maximum absolute atomic E-state index is 13.5. The van der Waals surface area contributed by atoms with Crippen LogP contribution in [-0.2, 0) is 11.8 Å². The van der Waals surface area contributed by atoms with Gasteiger partial charge in [-0.2, -0.15) is 10.1 Å². The summed E-state index contributed by atoms with van der Waals surface area (Å²) in [5.74, 6) is 1.13. The number of hydrogen-bond acceptors (Lipinski definition) is 6. The number of benzene rings is 1. The van der Waals surface area contributed by atoms with Crippen molar-refractivity contribution in [1.82, 2.24) is 24.5 Å². The molecule has 0 spiro atoms. The van der Waals surface area contributed by atoms with E-state index in [9.17, 15) is 4.79 Å². The minimum Gasteiger partial charge on any atom is -0.351 e. The second kappa shape index (κ2) is 8.14. The Hall–Kier alpha value is -2.81. The Bertz CT molecular complexity index is 1070. The molecule has 3 atom stereocenters. The van der Waals surface area contributed by atoms with E-state index in [0.29, 0.717) is 11.1 Å².